The van der Waals surface area contributed by atoms with E-state index < -0.39 is 0 Å². The Morgan fingerprint density at radius 3 is 2.44 bits per heavy atom. The number of benzene rings is 1. The molecule has 2 aromatic rings. The molecule has 0 fully saturated rings. The number of hydrogen-bond acceptors (Lipinski definition) is 3. The average Bonchev–Trinajstić information content (AvgIpc) is 2.52. The van der Waals surface area contributed by atoms with E-state index in [2.05, 4.69) is 11.2 Å². The summed E-state index contributed by atoms with van der Waals surface area (Å²) < 4.78 is 7.13. The molecule has 0 saturated carbocycles. The molecule has 0 spiro atoms. The van der Waals surface area contributed by atoms with Gasteiger partial charge in [-0.2, -0.15) is 10.4 Å². The third-order valence-corrected chi connectivity index (χ3v) is 2.77. The normalized spacial score (nSPS) is 10.2. The van der Waals surface area contributed by atoms with Gasteiger partial charge in [0.15, 0.2) is 0 Å². The quantitative estimate of drug-likeness (QED) is 0.843. The van der Waals surface area contributed by atoms with Crippen molar-refractivity contribution in [2.75, 3.05) is 0 Å². The van der Waals surface area contributed by atoms with Crippen molar-refractivity contribution in [3.63, 3.8) is 0 Å². The number of hydrogen-bond donors (Lipinski definition) is 0. The van der Waals surface area contributed by atoms with Crippen LogP contribution in [0.2, 0.25) is 10.0 Å². The Kier molecular flexibility index (Phi) is 3.46. The van der Waals surface area contributed by atoms with Gasteiger partial charge in [0.1, 0.15) is 17.4 Å². The summed E-state index contributed by atoms with van der Waals surface area (Å²) in [6, 6.07) is 6.91. The van der Waals surface area contributed by atoms with Gasteiger partial charge < -0.3 is 4.74 Å². The molecule has 0 N–H and O–H groups in total. The summed E-state index contributed by atoms with van der Waals surface area (Å²) >= 11 is 11.8. The van der Waals surface area contributed by atoms with Crippen LogP contribution in [0.25, 0.3) is 0 Å². The first-order chi connectivity index (χ1) is 8.51. The molecule has 0 unspecified atom stereocenters. The van der Waals surface area contributed by atoms with Crippen molar-refractivity contribution in [2.24, 2.45) is 7.05 Å². The highest BCUT2D eigenvalue weighted by atomic mass is 35.5. The van der Waals surface area contributed by atoms with Gasteiger partial charge in [-0.25, -0.2) is 4.68 Å². The van der Waals surface area contributed by atoms with Gasteiger partial charge in [-0.15, -0.1) is 0 Å². The summed E-state index contributed by atoms with van der Waals surface area (Å²) in [6.07, 6.45) is 0. The average molecular weight is 282 g/mol. The summed E-state index contributed by atoms with van der Waals surface area (Å²) in [5.41, 5.74) is 1.01. The molecule has 0 aliphatic rings. The Balaban J connectivity index is 2.43. The number of aryl methyl sites for hydroxylation is 2. The van der Waals surface area contributed by atoms with E-state index in [0.717, 1.165) is 0 Å². The second-order valence-electron chi connectivity index (χ2n) is 3.71. The second kappa shape index (κ2) is 4.89. The lowest BCUT2D eigenvalue weighted by molar-refractivity contribution is 0.429. The van der Waals surface area contributed by atoms with Crippen LogP contribution in [0.15, 0.2) is 18.2 Å². The van der Waals surface area contributed by atoms with Gasteiger partial charge in [0.05, 0.1) is 5.69 Å². The molecule has 0 aliphatic heterocycles. The highest BCUT2D eigenvalue weighted by Crippen LogP contribution is 2.30. The van der Waals surface area contributed by atoms with Crippen LogP contribution >= 0.6 is 23.2 Å². The highest BCUT2D eigenvalue weighted by Gasteiger charge is 2.15. The Labute approximate surface area is 114 Å². The van der Waals surface area contributed by atoms with E-state index in [1.807, 2.05) is 0 Å². The Bertz CT molecular complexity index is 623. The maximum atomic E-state index is 9.06. The molecular formula is C12H9Cl2N3O. The topological polar surface area (TPSA) is 50.8 Å². The molecule has 6 heteroatoms. The third kappa shape index (κ3) is 2.42. The van der Waals surface area contributed by atoms with Crippen LogP contribution in [-0.2, 0) is 7.05 Å². The summed E-state index contributed by atoms with van der Waals surface area (Å²) in [4.78, 5) is 0. The van der Waals surface area contributed by atoms with Crippen molar-refractivity contribution < 1.29 is 4.74 Å². The summed E-state index contributed by atoms with van der Waals surface area (Å²) in [6.45, 7) is 1.75. The number of rotatable bonds is 2. The molecule has 0 atom stereocenters. The van der Waals surface area contributed by atoms with Crippen molar-refractivity contribution in [2.45, 2.75) is 6.92 Å². The highest BCUT2D eigenvalue weighted by molar-refractivity contribution is 6.34. The third-order valence-electron chi connectivity index (χ3n) is 2.33. The molecule has 4 nitrogen and oxygen atoms in total. The van der Waals surface area contributed by atoms with Gasteiger partial charge in [-0.1, -0.05) is 23.2 Å². The smallest absolute Gasteiger partial charge is 0.235 e. The zero-order valence-electron chi connectivity index (χ0n) is 9.74. The largest absolute Gasteiger partial charge is 0.438 e. The lowest BCUT2D eigenvalue weighted by Gasteiger charge is -2.07. The standard InChI is InChI=1S/C12H9Cl2N3O/c1-7-11(6-15)12(17(2)16-7)18-10-4-8(13)3-9(14)5-10/h3-5H,1-2H3. The van der Waals surface area contributed by atoms with Crippen molar-refractivity contribution in [3.05, 3.63) is 39.5 Å². The first kappa shape index (κ1) is 12.7. The van der Waals surface area contributed by atoms with Crippen LogP contribution in [0.4, 0.5) is 0 Å². The lowest BCUT2D eigenvalue weighted by Crippen LogP contribution is -1.96. The van der Waals surface area contributed by atoms with E-state index in [1.54, 1.807) is 32.2 Å². The number of aromatic nitrogens is 2. The minimum absolute atomic E-state index is 0.369. The van der Waals surface area contributed by atoms with Crippen LogP contribution in [0.1, 0.15) is 11.3 Å². The maximum absolute atomic E-state index is 9.06. The number of nitriles is 1. The molecule has 0 aliphatic carbocycles. The van der Waals surface area contributed by atoms with E-state index in [9.17, 15) is 0 Å². The van der Waals surface area contributed by atoms with Gasteiger partial charge in [0.2, 0.25) is 5.88 Å². The molecular weight excluding hydrogens is 273 g/mol. The second-order valence-corrected chi connectivity index (χ2v) is 4.58. The molecule has 0 saturated heterocycles. The summed E-state index contributed by atoms with van der Waals surface area (Å²) in [7, 11) is 1.70. The van der Waals surface area contributed by atoms with Crippen LogP contribution in [0.3, 0.4) is 0 Å². The predicted octanol–water partition coefficient (Wildman–Crippen LogP) is 3.70. The first-order valence-corrected chi connectivity index (χ1v) is 5.84. The Morgan fingerprint density at radius 1 is 1.28 bits per heavy atom. The fourth-order valence-corrected chi connectivity index (χ4v) is 2.09. The summed E-state index contributed by atoms with van der Waals surface area (Å²) in [5, 5.41) is 14.1. The molecule has 18 heavy (non-hydrogen) atoms. The van der Waals surface area contributed by atoms with Gasteiger partial charge in [-0.05, 0) is 25.1 Å². The molecule has 2 rings (SSSR count). The molecule has 0 amide bonds. The predicted molar refractivity (Wildman–Crippen MR) is 69.2 cm³/mol. The lowest BCUT2D eigenvalue weighted by atomic mass is 10.3. The first-order valence-electron chi connectivity index (χ1n) is 5.09. The van der Waals surface area contributed by atoms with Crippen LogP contribution in [0.5, 0.6) is 11.6 Å². The van der Waals surface area contributed by atoms with Gasteiger partial charge in [0, 0.05) is 17.1 Å². The minimum atomic E-state index is 0.369. The van der Waals surface area contributed by atoms with E-state index in [-0.39, 0.29) is 0 Å². The molecule has 0 bridgehead atoms. The van der Waals surface area contributed by atoms with Crippen LogP contribution < -0.4 is 4.74 Å². The number of nitrogens with zero attached hydrogens (tertiary/aromatic N) is 3. The SMILES string of the molecule is Cc1nn(C)c(Oc2cc(Cl)cc(Cl)c2)c1C#N. The Morgan fingerprint density at radius 2 is 1.89 bits per heavy atom. The molecule has 92 valence electrons. The van der Waals surface area contributed by atoms with Crippen molar-refractivity contribution in [1.29, 1.82) is 5.26 Å². The molecule has 0 radical (unpaired) electrons. The summed E-state index contributed by atoms with van der Waals surface area (Å²) in [5.74, 6) is 0.834. The maximum Gasteiger partial charge on any atom is 0.235 e. The minimum Gasteiger partial charge on any atom is -0.438 e. The zero-order chi connectivity index (χ0) is 13.3. The van der Waals surface area contributed by atoms with E-state index in [1.165, 1.54) is 4.68 Å². The van der Waals surface area contributed by atoms with E-state index in [4.69, 9.17) is 33.2 Å². The molecule has 1 aromatic heterocycles. The number of halogens is 2. The van der Waals surface area contributed by atoms with E-state index >= 15 is 0 Å². The van der Waals surface area contributed by atoms with Crippen LogP contribution in [0, 0.1) is 18.3 Å². The monoisotopic (exact) mass is 281 g/mol. The Hall–Kier alpha value is -1.70. The van der Waals surface area contributed by atoms with Crippen molar-refractivity contribution in [3.8, 4) is 17.7 Å². The van der Waals surface area contributed by atoms with Gasteiger partial charge in [-0.3, -0.25) is 0 Å². The van der Waals surface area contributed by atoms with E-state index in [0.29, 0.717) is 32.9 Å². The number of ether oxygens (including phenoxy) is 1. The fraction of sp³-hybridized carbons (Fsp3) is 0.167. The molecule has 1 heterocycles. The fourth-order valence-electron chi connectivity index (χ4n) is 1.58. The van der Waals surface area contributed by atoms with Gasteiger partial charge >= 0.3 is 0 Å². The van der Waals surface area contributed by atoms with Crippen molar-refractivity contribution >= 4 is 23.2 Å². The molecule has 1 aromatic carbocycles. The zero-order valence-corrected chi connectivity index (χ0v) is 11.2. The van der Waals surface area contributed by atoms with Gasteiger partial charge in [0.25, 0.3) is 0 Å². The van der Waals surface area contributed by atoms with Crippen molar-refractivity contribution in [1.82, 2.24) is 9.78 Å². The van der Waals surface area contributed by atoms with Crippen LogP contribution in [-0.4, -0.2) is 9.78 Å².